The van der Waals surface area contributed by atoms with Crippen LogP contribution < -0.4 is 5.32 Å². The maximum Gasteiger partial charge on any atom is 0.170 e. The number of aromatic hydroxyl groups is 1. The van der Waals surface area contributed by atoms with Crippen molar-refractivity contribution in [1.29, 1.82) is 0 Å². The normalized spacial score (nSPS) is 19.1. The van der Waals surface area contributed by atoms with Crippen LogP contribution in [0.25, 0.3) is 5.69 Å². The predicted octanol–water partition coefficient (Wildman–Crippen LogP) is 4.19. The number of hydrogen-bond donors (Lipinski definition) is 2. The summed E-state index contributed by atoms with van der Waals surface area (Å²) in [5.74, 6) is 0.268. The molecule has 1 aliphatic rings. The number of hydrogen-bond acceptors (Lipinski definition) is 3. The minimum Gasteiger partial charge on any atom is -0.508 e. The Hall–Kier alpha value is -2.86. The molecule has 2 unspecified atom stereocenters. The van der Waals surface area contributed by atoms with Crippen molar-refractivity contribution in [2.75, 3.05) is 6.54 Å². The standard InChI is InChI=1S/C22H24N4OS/c1-4-25-21(20(24-22(25)28)19-7-5-6-12-23-19)18-13-14(2)26(15(18)3)16-8-10-17(27)11-9-16/h5-13,20-21,27H,4H2,1-3H3,(H,24,28). The van der Waals surface area contributed by atoms with Crippen LogP contribution in [-0.4, -0.2) is 31.2 Å². The highest BCUT2D eigenvalue weighted by Crippen LogP contribution is 2.41. The number of pyridine rings is 1. The van der Waals surface area contributed by atoms with Gasteiger partial charge in [0.2, 0.25) is 0 Å². The number of aromatic nitrogens is 2. The Morgan fingerprint density at radius 2 is 1.89 bits per heavy atom. The van der Waals surface area contributed by atoms with Gasteiger partial charge < -0.3 is 19.9 Å². The summed E-state index contributed by atoms with van der Waals surface area (Å²) in [6, 6.07) is 15.6. The lowest BCUT2D eigenvalue weighted by Gasteiger charge is -2.27. The zero-order valence-corrected chi connectivity index (χ0v) is 17.1. The van der Waals surface area contributed by atoms with Crippen LogP contribution in [0.2, 0.25) is 0 Å². The Bertz CT molecular complexity index is 997. The van der Waals surface area contributed by atoms with Crippen molar-refractivity contribution < 1.29 is 5.11 Å². The van der Waals surface area contributed by atoms with E-state index in [1.54, 1.807) is 12.1 Å². The van der Waals surface area contributed by atoms with E-state index in [1.807, 2.05) is 36.5 Å². The first kappa shape index (κ1) is 18.5. The summed E-state index contributed by atoms with van der Waals surface area (Å²) in [6.45, 7) is 7.19. The number of nitrogens with zero attached hydrogens (tertiary/aromatic N) is 3. The maximum atomic E-state index is 9.63. The number of likely N-dealkylation sites (N-methyl/N-ethyl adjacent to an activating group) is 1. The smallest absolute Gasteiger partial charge is 0.170 e. The number of phenolic OH excluding ortho intramolecular Hbond substituents is 1. The third-order valence-electron chi connectivity index (χ3n) is 5.44. The molecule has 2 aromatic heterocycles. The molecule has 0 aliphatic carbocycles. The highest BCUT2D eigenvalue weighted by atomic mass is 32.1. The van der Waals surface area contributed by atoms with E-state index < -0.39 is 0 Å². The summed E-state index contributed by atoms with van der Waals surface area (Å²) >= 11 is 5.64. The third-order valence-corrected chi connectivity index (χ3v) is 5.79. The summed E-state index contributed by atoms with van der Waals surface area (Å²) in [7, 11) is 0. The van der Waals surface area contributed by atoms with Gasteiger partial charge in [0.05, 0.1) is 17.8 Å². The van der Waals surface area contributed by atoms with E-state index in [1.165, 1.54) is 11.3 Å². The molecule has 4 rings (SSSR count). The molecule has 3 heterocycles. The largest absolute Gasteiger partial charge is 0.508 e. The molecule has 0 spiro atoms. The highest BCUT2D eigenvalue weighted by molar-refractivity contribution is 7.80. The number of benzene rings is 1. The van der Waals surface area contributed by atoms with E-state index in [9.17, 15) is 5.11 Å². The molecule has 144 valence electrons. The molecule has 3 aromatic rings. The molecular weight excluding hydrogens is 368 g/mol. The molecule has 0 amide bonds. The van der Waals surface area contributed by atoms with Crippen LogP contribution in [0.4, 0.5) is 0 Å². The van der Waals surface area contributed by atoms with Crippen molar-refractivity contribution in [3.63, 3.8) is 0 Å². The number of nitrogens with one attached hydrogen (secondary N) is 1. The molecule has 2 N–H and O–H groups in total. The zero-order valence-electron chi connectivity index (χ0n) is 16.3. The molecule has 1 aliphatic heterocycles. The lowest BCUT2D eigenvalue weighted by Crippen LogP contribution is -2.29. The van der Waals surface area contributed by atoms with Gasteiger partial charge in [0, 0.05) is 29.8 Å². The second-order valence-corrected chi connectivity index (χ2v) is 7.48. The van der Waals surface area contributed by atoms with Gasteiger partial charge in [-0.3, -0.25) is 4.98 Å². The number of aryl methyl sites for hydroxylation is 1. The average molecular weight is 393 g/mol. The van der Waals surface area contributed by atoms with Crippen LogP contribution in [0.1, 0.15) is 41.7 Å². The van der Waals surface area contributed by atoms with Gasteiger partial charge in [-0.15, -0.1) is 0 Å². The Balaban J connectivity index is 1.82. The average Bonchev–Trinajstić information content (AvgIpc) is 3.18. The van der Waals surface area contributed by atoms with E-state index in [2.05, 4.69) is 46.6 Å². The fourth-order valence-corrected chi connectivity index (χ4v) is 4.54. The van der Waals surface area contributed by atoms with Crippen molar-refractivity contribution in [3.05, 3.63) is 77.4 Å². The summed E-state index contributed by atoms with van der Waals surface area (Å²) in [4.78, 5) is 6.82. The Morgan fingerprint density at radius 1 is 1.14 bits per heavy atom. The third kappa shape index (κ3) is 3.03. The fraction of sp³-hybridized carbons (Fsp3) is 0.273. The molecule has 5 nitrogen and oxygen atoms in total. The predicted molar refractivity (Wildman–Crippen MR) is 115 cm³/mol. The molecule has 1 saturated heterocycles. The van der Waals surface area contributed by atoms with Crippen molar-refractivity contribution in [3.8, 4) is 11.4 Å². The number of phenols is 1. The minimum atomic E-state index is 0.00224. The topological polar surface area (TPSA) is 53.3 Å². The van der Waals surface area contributed by atoms with E-state index in [4.69, 9.17) is 12.2 Å². The lowest BCUT2D eigenvalue weighted by atomic mass is 9.97. The minimum absolute atomic E-state index is 0.00224. The monoisotopic (exact) mass is 392 g/mol. The van der Waals surface area contributed by atoms with Crippen molar-refractivity contribution >= 4 is 17.3 Å². The van der Waals surface area contributed by atoms with Crippen molar-refractivity contribution in [2.45, 2.75) is 32.9 Å². The van der Waals surface area contributed by atoms with Gasteiger partial charge in [0.1, 0.15) is 5.75 Å². The number of thiocarbonyl (C=S) groups is 1. The second-order valence-electron chi connectivity index (χ2n) is 7.09. The van der Waals surface area contributed by atoms with Crippen LogP contribution >= 0.6 is 12.2 Å². The van der Waals surface area contributed by atoms with E-state index in [-0.39, 0.29) is 17.8 Å². The summed E-state index contributed by atoms with van der Waals surface area (Å²) < 4.78 is 2.22. The first-order chi connectivity index (χ1) is 13.5. The maximum absolute atomic E-state index is 9.63. The van der Waals surface area contributed by atoms with Gasteiger partial charge in [-0.25, -0.2) is 0 Å². The van der Waals surface area contributed by atoms with Gasteiger partial charge in [-0.2, -0.15) is 0 Å². The first-order valence-corrected chi connectivity index (χ1v) is 9.88. The Morgan fingerprint density at radius 3 is 2.54 bits per heavy atom. The summed E-state index contributed by atoms with van der Waals surface area (Å²) in [5, 5.41) is 13.9. The molecule has 1 fully saturated rings. The second kappa shape index (κ2) is 7.28. The van der Waals surface area contributed by atoms with Gasteiger partial charge in [-0.05, 0) is 81.0 Å². The van der Waals surface area contributed by atoms with Crippen LogP contribution in [0, 0.1) is 13.8 Å². The van der Waals surface area contributed by atoms with E-state index in [0.717, 1.165) is 28.7 Å². The Labute approximate surface area is 170 Å². The van der Waals surface area contributed by atoms with Gasteiger partial charge in [0.25, 0.3) is 0 Å². The van der Waals surface area contributed by atoms with Gasteiger partial charge in [0.15, 0.2) is 5.11 Å². The molecule has 1 aromatic carbocycles. The van der Waals surface area contributed by atoms with E-state index in [0.29, 0.717) is 0 Å². The van der Waals surface area contributed by atoms with Crippen LogP contribution in [0.15, 0.2) is 54.7 Å². The van der Waals surface area contributed by atoms with Gasteiger partial charge >= 0.3 is 0 Å². The summed E-state index contributed by atoms with van der Waals surface area (Å²) in [6.07, 6.45) is 1.82. The highest BCUT2D eigenvalue weighted by Gasteiger charge is 2.40. The lowest BCUT2D eigenvalue weighted by molar-refractivity contribution is 0.329. The molecule has 0 bridgehead atoms. The quantitative estimate of drug-likeness (QED) is 0.652. The SMILES string of the molecule is CCN1C(=S)NC(c2ccccn2)C1c1cc(C)n(-c2ccc(O)cc2)c1C. The van der Waals surface area contributed by atoms with Crippen LogP contribution in [0.3, 0.4) is 0 Å². The zero-order chi connectivity index (χ0) is 19.8. The van der Waals surface area contributed by atoms with Crippen molar-refractivity contribution in [2.24, 2.45) is 0 Å². The van der Waals surface area contributed by atoms with Crippen molar-refractivity contribution in [1.82, 2.24) is 19.8 Å². The van der Waals surface area contributed by atoms with Gasteiger partial charge in [-0.1, -0.05) is 6.07 Å². The fourth-order valence-electron chi connectivity index (χ4n) is 4.17. The van der Waals surface area contributed by atoms with E-state index >= 15 is 0 Å². The molecular formula is C22H24N4OS. The first-order valence-electron chi connectivity index (χ1n) is 9.47. The summed E-state index contributed by atoms with van der Waals surface area (Å²) in [5.41, 5.74) is 5.56. The molecule has 2 atom stereocenters. The van der Waals surface area contributed by atoms with Crippen LogP contribution in [-0.2, 0) is 0 Å². The molecule has 0 radical (unpaired) electrons. The molecule has 0 saturated carbocycles. The molecule has 6 heteroatoms. The molecule has 28 heavy (non-hydrogen) atoms. The number of rotatable bonds is 4. The Kier molecular flexibility index (Phi) is 4.81. The van der Waals surface area contributed by atoms with Crippen LogP contribution in [0.5, 0.6) is 5.75 Å².